The maximum atomic E-state index is 10.5. The lowest BCUT2D eigenvalue weighted by Crippen LogP contribution is -2.37. The van der Waals surface area contributed by atoms with Crippen LogP contribution in [0.25, 0.3) is 0 Å². The van der Waals surface area contributed by atoms with Crippen LogP contribution in [-0.4, -0.2) is 29.0 Å². The fourth-order valence-electron chi connectivity index (χ4n) is 1.30. The first-order valence-electron chi connectivity index (χ1n) is 9.57. The molecule has 2 atom stereocenters. The van der Waals surface area contributed by atoms with Crippen LogP contribution in [0.15, 0.2) is 30.3 Å². The minimum Gasteiger partial charge on any atom is -0.387 e. The summed E-state index contributed by atoms with van der Waals surface area (Å²) in [4.78, 5) is 0.0949. The largest absolute Gasteiger partial charge is 0.387 e. The predicted octanol–water partition coefficient (Wildman–Crippen LogP) is 2.87. The third kappa shape index (κ3) is 3.78. The highest BCUT2D eigenvalue weighted by Crippen LogP contribution is 2.20. The highest BCUT2D eigenvalue weighted by Gasteiger charge is 2.20. The second kappa shape index (κ2) is 7.66. The number of aliphatic hydroxyl groups excluding tert-OH is 1. The molecule has 0 aromatic heterocycles. The van der Waals surface area contributed by atoms with E-state index >= 15 is 0 Å². The standard InChI is InChI=1S/C13H21NO.ClH/c1-4-14(5-2)11(3)13(15)12-9-7-6-8-10-12;/h6-11,13,15H,4-5H2,1-3H3;1H/t11-,13+;/m0./s1/i1D3,2D3,4D2,5D2;. The fourth-order valence-corrected chi connectivity index (χ4v) is 1.30. The average molecular weight is 254 g/mol. The van der Waals surface area contributed by atoms with Crippen molar-refractivity contribution in [1.29, 1.82) is 0 Å². The smallest absolute Gasteiger partial charge is 0.0942 e. The highest BCUT2D eigenvalue weighted by atomic mass is 35.5. The molecule has 1 rings (SSSR count). The number of likely N-dealkylation sites (N-methyl/N-ethyl adjacent to an activating group) is 1. The number of aliphatic hydroxyl groups is 1. The number of hydrogen-bond acceptors (Lipinski definition) is 2. The lowest BCUT2D eigenvalue weighted by atomic mass is 10.0. The Bertz CT molecular complexity index is 549. The van der Waals surface area contributed by atoms with Crippen LogP contribution in [0.4, 0.5) is 0 Å². The molecule has 0 bridgehead atoms. The lowest BCUT2D eigenvalue weighted by molar-refractivity contribution is 0.0638. The quantitative estimate of drug-likeness (QED) is 0.872. The van der Waals surface area contributed by atoms with Crippen molar-refractivity contribution in [2.45, 2.75) is 32.8 Å². The Morgan fingerprint density at radius 2 is 1.88 bits per heavy atom. The predicted molar refractivity (Wildman–Crippen MR) is 71.0 cm³/mol. The van der Waals surface area contributed by atoms with E-state index in [1.54, 1.807) is 18.2 Å². The van der Waals surface area contributed by atoms with Gasteiger partial charge in [-0.2, -0.15) is 0 Å². The van der Waals surface area contributed by atoms with Gasteiger partial charge in [0.2, 0.25) is 0 Å². The summed E-state index contributed by atoms with van der Waals surface area (Å²) in [6.45, 7) is -12.2. The van der Waals surface area contributed by atoms with E-state index in [0.29, 0.717) is 0 Å². The van der Waals surface area contributed by atoms with Gasteiger partial charge < -0.3 is 5.11 Å². The van der Waals surface area contributed by atoms with Gasteiger partial charge in [0, 0.05) is 19.7 Å². The van der Waals surface area contributed by atoms with Crippen molar-refractivity contribution >= 4 is 12.4 Å². The Kier molecular flexibility index (Phi) is 2.58. The topological polar surface area (TPSA) is 23.5 Å². The van der Waals surface area contributed by atoms with Crippen LogP contribution in [0, 0.1) is 0 Å². The summed E-state index contributed by atoms with van der Waals surface area (Å²) in [5.74, 6) is 0. The maximum Gasteiger partial charge on any atom is 0.0942 e. The Labute approximate surface area is 119 Å². The molecular weight excluding hydrogens is 222 g/mol. The minimum absolute atomic E-state index is 0. The van der Waals surface area contributed by atoms with Gasteiger partial charge in [0.15, 0.2) is 0 Å². The first-order valence-corrected chi connectivity index (χ1v) is 4.57. The number of halogens is 1. The van der Waals surface area contributed by atoms with Crippen LogP contribution >= 0.6 is 12.4 Å². The number of hydrogen-bond donors (Lipinski definition) is 1. The molecule has 1 aromatic carbocycles. The van der Waals surface area contributed by atoms with Gasteiger partial charge in [0.05, 0.1) is 6.10 Å². The van der Waals surface area contributed by atoms with Crippen molar-refractivity contribution < 1.29 is 18.8 Å². The van der Waals surface area contributed by atoms with Gasteiger partial charge in [-0.25, -0.2) is 0 Å². The molecule has 0 saturated heterocycles. The van der Waals surface area contributed by atoms with Crippen molar-refractivity contribution in [2.75, 3.05) is 13.0 Å². The van der Waals surface area contributed by atoms with Crippen LogP contribution in [0.5, 0.6) is 0 Å². The van der Waals surface area contributed by atoms with Crippen LogP contribution in [0.1, 0.15) is 46.0 Å². The molecule has 1 N–H and O–H groups in total. The van der Waals surface area contributed by atoms with Gasteiger partial charge >= 0.3 is 0 Å². The van der Waals surface area contributed by atoms with E-state index in [1.165, 1.54) is 19.1 Å². The van der Waals surface area contributed by atoms with E-state index < -0.39 is 38.8 Å². The lowest BCUT2D eigenvalue weighted by Gasteiger charge is -2.30. The van der Waals surface area contributed by atoms with Gasteiger partial charge in [-0.05, 0) is 25.5 Å². The van der Waals surface area contributed by atoms with E-state index in [0.717, 1.165) is 0 Å². The molecule has 2 nitrogen and oxygen atoms in total. The summed E-state index contributed by atoms with van der Waals surface area (Å²) >= 11 is 0. The summed E-state index contributed by atoms with van der Waals surface area (Å²) in [6.07, 6.45) is -1.50. The summed E-state index contributed by atoms with van der Waals surface area (Å²) < 4.78 is 75.8. The molecule has 3 heteroatoms. The molecular formula is C13H22ClNO. The molecule has 0 fully saturated rings. The Hall–Kier alpha value is -0.570. The van der Waals surface area contributed by atoms with Gasteiger partial charge in [0.1, 0.15) is 0 Å². The molecule has 0 spiro atoms. The van der Waals surface area contributed by atoms with Crippen molar-refractivity contribution in [3.8, 4) is 0 Å². The van der Waals surface area contributed by atoms with Crippen LogP contribution in [-0.2, 0) is 0 Å². The Morgan fingerprint density at radius 1 is 1.31 bits per heavy atom. The number of nitrogens with zero attached hydrogens (tertiary/aromatic N) is 1. The molecule has 0 aliphatic rings. The molecule has 0 aliphatic carbocycles. The molecule has 0 radical (unpaired) electrons. The summed E-state index contributed by atoms with van der Waals surface area (Å²) in [6, 6.07) is 6.36. The SMILES string of the molecule is Cl.[2H]C([2H])([2H])C([2H])([2H])N([C@@H](C)[C@@H](O)c1ccccc1)C([2H])([2H])C([2H])([2H])[2H]. The molecule has 92 valence electrons. The molecule has 0 amide bonds. The molecule has 1 aromatic rings. The van der Waals surface area contributed by atoms with Crippen molar-refractivity contribution in [3.63, 3.8) is 0 Å². The zero-order valence-corrected chi connectivity index (χ0v) is 9.66. The van der Waals surface area contributed by atoms with Crippen molar-refractivity contribution in [3.05, 3.63) is 35.9 Å². The summed E-state index contributed by atoms with van der Waals surface area (Å²) in [5.41, 5.74) is 0.280. The van der Waals surface area contributed by atoms with Crippen molar-refractivity contribution in [1.82, 2.24) is 4.90 Å². The third-order valence-electron chi connectivity index (χ3n) is 2.25. The van der Waals surface area contributed by atoms with Gasteiger partial charge in [0.25, 0.3) is 0 Å². The number of rotatable bonds is 5. The molecule has 0 saturated carbocycles. The summed E-state index contributed by atoms with van der Waals surface area (Å²) in [5, 5.41) is 10.5. The van der Waals surface area contributed by atoms with Crippen LogP contribution in [0.2, 0.25) is 0 Å². The third-order valence-corrected chi connectivity index (χ3v) is 2.25. The summed E-state index contributed by atoms with van der Waals surface area (Å²) in [7, 11) is 0. The first-order chi connectivity index (χ1) is 11.0. The normalized spacial score (nSPS) is 26.9. The average Bonchev–Trinajstić information content (AvgIpc) is 2.44. The maximum absolute atomic E-state index is 10.5. The van der Waals surface area contributed by atoms with E-state index in [1.807, 2.05) is 0 Å². The monoisotopic (exact) mass is 253 g/mol. The molecule has 16 heavy (non-hydrogen) atoms. The second-order valence-corrected chi connectivity index (χ2v) is 3.19. The second-order valence-electron chi connectivity index (χ2n) is 3.19. The molecule has 0 aliphatic heterocycles. The Balaban J connectivity index is 0.00000625. The fraction of sp³-hybridized carbons (Fsp3) is 0.538. The highest BCUT2D eigenvalue weighted by molar-refractivity contribution is 5.85. The molecule has 0 heterocycles. The van der Waals surface area contributed by atoms with Gasteiger partial charge in [-0.1, -0.05) is 44.0 Å². The van der Waals surface area contributed by atoms with E-state index in [2.05, 4.69) is 0 Å². The first kappa shape index (κ1) is 5.38. The van der Waals surface area contributed by atoms with Gasteiger partial charge in [-0.3, -0.25) is 4.90 Å². The molecule has 0 unspecified atom stereocenters. The van der Waals surface area contributed by atoms with Crippen LogP contribution < -0.4 is 0 Å². The van der Waals surface area contributed by atoms with Crippen molar-refractivity contribution in [2.24, 2.45) is 0 Å². The zero-order chi connectivity index (χ0) is 19.8. The van der Waals surface area contributed by atoms with E-state index in [4.69, 9.17) is 13.7 Å². The minimum atomic E-state index is -3.34. The Morgan fingerprint density at radius 3 is 2.38 bits per heavy atom. The van der Waals surface area contributed by atoms with Gasteiger partial charge in [-0.15, -0.1) is 12.4 Å². The zero-order valence-electron chi connectivity index (χ0n) is 18.8. The van der Waals surface area contributed by atoms with E-state index in [-0.39, 0.29) is 22.9 Å². The van der Waals surface area contributed by atoms with Crippen LogP contribution in [0.3, 0.4) is 0 Å². The van der Waals surface area contributed by atoms with E-state index in [9.17, 15) is 5.11 Å². The number of benzene rings is 1.